The van der Waals surface area contributed by atoms with Crippen LogP contribution in [0.2, 0.25) is 0 Å². The summed E-state index contributed by atoms with van der Waals surface area (Å²) in [5.74, 6) is 0.986. The van der Waals surface area contributed by atoms with E-state index in [1.165, 1.54) is 0 Å². The normalized spacial score (nSPS) is 21.8. The highest BCUT2D eigenvalue weighted by atomic mass is 16.2. The van der Waals surface area contributed by atoms with Gasteiger partial charge in [0.05, 0.1) is 0 Å². The highest BCUT2D eigenvalue weighted by molar-refractivity contribution is 5.81. The van der Waals surface area contributed by atoms with E-state index in [2.05, 4.69) is 23.8 Å². The molecule has 0 aromatic carbocycles. The van der Waals surface area contributed by atoms with Gasteiger partial charge in [-0.3, -0.25) is 9.59 Å². The Labute approximate surface area is 141 Å². The van der Waals surface area contributed by atoms with E-state index in [1.54, 1.807) is 6.92 Å². The maximum absolute atomic E-state index is 12.7. The van der Waals surface area contributed by atoms with Gasteiger partial charge in [0.2, 0.25) is 5.91 Å². The van der Waals surface area contributed by atoms with Gasteiger partial charge >= 0.3 is 0 Å². The summed E-state index contributed by atoms with van der Waals surface area (Å²) in [4.78, 5) is 30.9. The van der Waals surface area contributed by atoms with E-state index >= 15 is 0 Å². The molecule has 2 aliphatic rings. The molecule has 2 rings (SSSR count). The summed E-state index contributed by atoms with van der Waals surface area (Å²) in [5.41, 5.74) is 0. The van der Waals surface area contributed by atoms with Crippen molar-refractivity contribution < 1.29 is 9.59 Å². The lowest BCUT2D eigenvalue weighted by Crippen LogP contribution is -2.46. The number of hydrogen-bond acceptors (Lipinski definition) is 4. The van der Waals surface area contributed by atoms with Crippen LogP contribution < -0.4 is 0 Å². The van der Waals surface area contributed by atoms with Crippen LogP contribution in [0.3, 0.4) is 0 Å². The molecule has 0 saturated carbocycles. The average Bonchev–Trinajstić information content (AvgIpc) is 2.59. The molecule has 2 heterocycles. The van der Waals surface area contributed by atoms with E-state index in [0.29, 0.717) is 5.91 Å². The molecule has 0 spiro atoms. The average molecular weight is 323 g/mol. The van der Waals surface area contributed by atoms with Crippen molar-refractivity contribution in [2.45, 2.75) is 39.5 Å². The third kappa shape index (κ3) is 5.28. The van der Waals surface area contributed by atoms with Crippen molar-refractivity contribution in [1.82, 2.24) is 14.7 Å². The van der Waals surface area contributed by atoms with Crippen molar-refractivity contribution in [1.29, 1.82) is 0 Å². The summed E-state index contributed by atoms with van der Waals surface area (Å²) in [7, 11) is 2.15. The van der Waals surface area contributed by atoms with Gasteiger partial charge < -0.3 is 14.7 Å². The number of nitrogens with zero attached hydrogens (tertiary/aromatic N) is 3. The number of hydrogen-bond donors (Lipinski definition) is 0. The maximum Gasteiger partial charge on any atom is 0.225 e. The fourth-order valence-electron chi connectivity index (χ4n) is 3.64. The minimum Gasteiger partial charge on any atom is -0.342 e. The van der Waals surface area contributed by atoms with Crippen molar-refractivity contribution >= 4 is 11.7 Å². The second-order valence-corrected chi connectivity index (χ2v) is 7.22. The Morgan fingerprint density at radius 3 is 2.09 bits per heavy atom. The Morgan fingerprint density at radius 1 is 1.00 bits per heavy atom. The molecule has 2 aliphatic heterocycles. The van der Waals surface area contributed by atoms with Crippen molar-refractivity contribution in [3.05, 3.63) is 0 Å². The van der Waals surface area contributed by atoms with Crippen LogP contribution >= 0.6 is 0 Å². The predicted octanol–water partition coefficient (Wildman–Crippen LogP) is 1.48. The number of rotatable bonds is 6. The SMILES string of the molecule is CCN(C)CCN1CCC(C(=O)N2CCC(C(C)=O)CC2)CC1. The third-order valence-electron chi connectivity index (χ3n) is 5.66. The first kappa shape index (κ1) is 18.4. The quantitative estimate of drug-likeness (QED) is 0.743. The molecule has 0 bridgehead atoms. The topological polar surface area (TPSA) is 43.9 Å². The Hall–Kier alpha value is -0.940. The molecule has 5 heteroatoms. The molecule has 0 N–H and O–H groups in total. The molecule has 0 radical (unpaired) electrons. The number of piperidine rings is 2. The van der Waals surface area contributed by atoms with Gasteiger partial charge in [0.25, 0.3) is 0 Å². The van der Waals surface area contributed by atoms with E-state index < -0.39 is 0 Å². The minimum atomic E-state index is 0.177. The van der Waals surface area contributed by atoms with Crippen LogP contribution in [0.5, 0.6) is 0 Å². The van der Waals surface area contributed by atoms with Crippen LogP contribution in [-0.4, -0.2) is 79.3 Å². The fraction of sp³-hybridized carbons (Fsp3) is 0.889. The maximum atomic E-state index is 12.7. The summed E-state index contributed by atoms with van der Waals surface area (Å²) in [6.45, 7) is 10.8. The van der Waals surface area contributed by atoms with E-state index in [4.69, 9.17) is 0 Å². The van der Waals surface area contributed by atoms with Gasteiger partial charge in [-0.15, -0.1) is 0 Å². The highest BCUT2D eigenvalue weighted by Gasteiger charge is 2.31. The monoisotopic (exact) mass is 323 g/mol. The van der Waals surface area contributed by atoms with Crippen LogP contribution in [-0.2, 0) is 9.59 Å². The van der Waals surface area contributed by atoms with Gasteiger partial charge in [-0.1, -0.05) is 6.92 Å². The Morgan fingerprint density at radius 2 is 1.57 bits per heavy atom. The van der Waals surface area contributed by atoms with Crippen LogP contribution in [0.1, 0.15) is 39.5 Å². The van der Waals surface area contributed by atoms with Gasteiger partial charge in [-0.2, -0.15) is 0 Å². The van der Waals surface area contributed by atoms with E-state index in [-0.39, 0.29) is 17.6 Å². The second kappa shape index (κ2) is 8.78. The summed E-state index contributed by atoms with van der Waals surface area (Å²) in [6.07, 6.45) is 3.68. The van der Waals surface area contributed by atoms with Crippen LogP contribution in [0, 0.1) is 11.8 Å². The third-order valence-corrected chi connectivity index (χ3v) is 5.66. The minimum absolute atomic E-state index is 0.177. The molecule has 2 fully saturated rings. The summed E-state index contributed by atoms with van der Waals surface area (Å²) >= 11 is 0. The van der Waals surface area contributed by atoms with Gasteiger partial charge in [0.15, 0.2) is 0 Å². The molecule has 0 aliphatic carbocycles. The molecule has 0 aromatic heterocycles. The van der Waals surface area contributed by atoms with Gasteiger partial charge in [-0.05, 0) is 59.3 Å². The lowest BCUT2D eigenvalue weighted by molar-refractivity contribution is -0.139. The van der Waals surface area contributed by atoms with Crippen LogP contribution in [0.15, 0.2) is 0 Å². The predicted molar refractivity (Wildman–Crippen MR) is 92.3 cm³/mol. The van der Waals surface area contributed by atoms with Crippen LogP contribution in [0.4, 0.5) is 0 Å². The Bertz CT molecular complexity index is 397. The zero-order valence-corrected chi connectivity index (χ0v) is 15.1. The first-order chi connectivity index (χ1) is 11.0. The first-order valence-electron chi connectivity index (χ1n) is 9.21. The molecule has 0 aromatic rings. The molecule has 5 nitrogen and oxygen atoms in total. The fourth-order valence-corrected chi connectivity index (χ4v) is 3.64. The number of carbonyl (C=O) groups is 2. The van der Waals surface area contributed by atoms with E-state index in [9.17, 15) is 9.59 Å². The standard InChI is InChI=1S/C18H33N3O2/c1-4-19(3)13-14-20-9-5-17(6-10-20)18(23)21-11-7-16(8-12-21)15(2)22/h16-17H,4-14H2,1-3H3. The number of likely N-dealkylation sites (N-methyl/N-ethyl adjacent to an activating group) is 1. The van der Waals surface area contributed by atoms with Gasteiger partial charge in [0, 0.05) is 38.0 Å². The van der Waals surface area contributed by atoms with E-state index in [0.717, 1.165) is 71.5 Å². The molecular weight excluding hydrogens is 290 g/mol. The zero-order chi connectivity index (χ0) is 16.8. The molecular formula is C18H33N3O2. The largest absolute Gasteiger partial charge is 0.342 e. The Kier molecular flexibility index (Phi) is 7.03. The molecule has 0 atom stereocenters. The molecule has 2 saturated heterocycles. The van der Waals surface area contributed by atoms with Crippen molar-refractivity contribution in [2.75, 3.05) is 52.9 Å². The van der Waals surface area contributed by atoms with Gasteiger partial charge in [-0.25, -0.2) is 0 Å². The number of carbonyl (C=O) groups excluding carboxylic acids is 2. The second-order valence-electron chi connectivity index (χ2n) is 7.22. The number of amides is 1. The smallest absolute Gasteiger partial charge is 0.225 e. The Balaban J connectivity index is 1.71. The lowest BCUT2D eigenvalue weighted by Gasteiger charge is -2.37. The number of ketones is 1. The molecule has 132 valence electrons. The zero-order valence-electron chi connectivity index (χ0n) is 15.1. The highest BCUT2D eigenvalue weighted by Crippen LogP contribution is 2.24. The molecule has 23 heavy (non-hydrogen) atoms. The first-order valence-corrected chi connectivity index (χ1v) is 9.21. The van der Waals surface area contributed by atoms with Crippen molar-refractivity contribution in [3.63, 3.8) is 0 Å². The summed E-state index contributed by atoms with van der Waals surface area (Å²) < 4.78 is 0. The van der Waals surface area contributed by atoms with Crippen molar-refractivity contribution in [2.24, 2.45) is 11.8 Å². The van der Waals surface area contributed by atoms with Crippen molar-refractivity contribution in [3.8, 4) is 0 Å². The number of Topliss-reactive ketones (excluding diaryl/α,β-unsaturated/α-hetero) is 1. The number of likely N-dealkylation sites (tertiary alicyclic amines) is 2. The summed E-state index contributed by atoms with van der Waals surface area (Å²) in [5, 5.41) is 0. The summed E-state index contributed by atoms with van der Waals surface area (Å²) in [6, 6.07) is 0. The van der Waals surface area contributed by atoms with Crippen LogP contribution in [0.25, 0.3) is 0 Å². The molecule has 0 unspecified atom stereocenters. The van der Waals surface area contributed by atoms with Gasteiger partial charge in [0.1, 0.15) is 5.78 Å². The van der Waals surface area contributed by atoms with E-state index in [1.807, 2.05) is 4.90 Å². The lowest BCUT2D eigenvalue weighted by atomic mass is 9.90. The molecule has 1 amide bonds.